The molecule has 16 heavy (non-hydrogen) atoms. The molecule has 0 saturated heterocycles. The predicted octanol–water partition coefficient (Wildman–Crippen LogP) is 3.18. The van der Waals surface area contributed by atoms with Crippen molar-refractivity contribution in [1.29, 1.82) is 0 Å². The number of hydrogen-bond acceptors (Lipinski definition) is 1. The average Bonchev–Trinajstić information content (AvgIpc) is 2.73. The molecule has 0 radical (unpaired) electrons. The third-order valence-corrected chi connectivity index (χ3v) is 3.74. The number of imidazole rings is 1. The molecule has 0 aliphatic heterocycles. The van der Waals surface area contributed by atoms with Crippen LogP contribution in [0.15, 0.2) is 47.8 Å². The largest absolute Gasteiger partial charge is 0.295 e. The minimum absolute atomic E-state index is 0.0149. The van der Waals surface area contributed by atoms with Crippen molar-refractivity contribution in [2.75, 3.05) is 6.26 Å². The summed E-state index contributed by atoms with van der Waals surface area (Å²) in [5.41, 5.74) is 1.02. The van der Waals surface area contributed by atoms with E-state index >= 15 is 0 Å². The van der Waals surface area contributed by atoms with Gasteiger partial charge in [-0.1, -0.05) is 30.1 Å². The molecule has 2 nitrogen and oxygen atoms in total. The summed E-state index contributed by atoms with van der Waals surface area (Å²) in [7, 11) is -0.0149. The second-order valence-electron chi connectivity index (χ2n) is 3.83. The van der Waals surface area contributed by atoms with Crippen LogP contribution in [-0.2, 0) is 0 Å². The van der Waals surface area contributed by atoms with Gasteiger partial charge in [0.2, 0.25) is 0 Å². The molecule has 2 heterocycles. The Morgan fingerprint density at radius 1 is 1.25 bits per heavy atom. The van der Waals surface area contributed by atoms with Crippen molar-refractivity contribution in [2.24, 2.45) is 0 Å². The van der Waals surface area contributed by atoms with Crippen LogP contribution in [0.4, 0.5) is 0 Å². The lowest BCUT2D eigenvalue weighted by Gasteiger charge is -2.03. The summed E-state index contributed by atoms with van der Waals surface area (Å²) in [5.74, 6) is 4.08. The van der Waals surface area contributed by atoms with E-state index in [9.17, 15) is 0 Å². The van der Waals surface area contributed by atoms with Gasteiger partial charge >= 0.3 is 0 Å². The zero-order chi connectivity index (χ0) is 11.1. The van der Waals surface area contributed by atoms with E-state index < -0.39 is 0 Å². The summed E-state index contributed by atoms with van der Waals surface area (Å²) in [6.07, 6.45) is 6.12. The number of nitrogens with zero attached hydrogens (tertiary/aromatic N) is 2. The highest BCUT2D eigenvalue weighted by molar-refractivity contribution is 8.13. The maximum Gasteiger partial charge on any atom is 0.145 e. The molecular weight excluding hydrogens is 216 g/mol. The van der Waals surface area contributed by atoms with Crippen molar-refractivity contribution >= 4 is 32.8 Å². The van der Waals surface area contributed by atoms with Crippen molar-refractivity contribution < 1.29 is 0 Å². The predicted molar refractivity (Wildman–Crippen MR) is 71.6 cm³/mol. The maximum atomic E-state index is 4.50. The van der Waals surface area contributed by atoms with Crippen LogP contribution in [0.5, 0.6) is 0 Å². The van der Waals surface area contributed by atoms with Crippen LogP contribution >= 0.6 is 10.5 Å². The lowest BCUT2D eigenvalue weighted by atomic mass is 10.2. The lowest BCUT2D eigenvalue weighted by molar-refractivity contribution is 1.06. The van der Waals surface area contributed by atoms with Crippen LogP contribution < -0.4 is 0 Å². The average molecular weight is 228 g/mol. The summed E-state index contributed by atoms with van der Waals surface area (Å²) >= 11 is 0. The molecule has 0 N–H and O–H groups in total. The molecule has 3 heteroatoms. The van der Waals surface area contributed by atoms with E-state index in [1.165, 1.54) is 15.8 Å². The van der Waals surface area contributed by atoms with Crippen LogP contribution in [0.25, 0.3) is 16.4 Å². The van der Waals surface area contributed by atoms with E-state index in [0.717, 1.165) is 5.65 Å². The molecule has 3 aromatic rings. The fourth-order valence-electron chi connectivity index (χ4n) is 1.95. The highest BCUT2D eigenvalue weighted by Crippen LogP contribution is 2.26. The van der Waals surface area contributed by atoms with E-state index in [1.807, 2.05) is 12.3 Å². The number of hydrogen-bond donors (Lipinski definition) is 0. The van der Waals surface area contributed by atoms with E-state index in [1.54, 1.807) is 0 Å². The monoisotopic (exact) mass is 228 g/mol. The van der Waals surface area contributed by atoms with Gasteiger partial charge in [-0.2, -0.15) is 0 Å². The molecule has 1 unspecified atom stereocenters. The topological polar surface area (TPSA) is 17.3 Å². The molecule has 1 aromatic carbocycles. The Hall–Kier alpha value is -1.61. The first-order valence-electron chi connectivity index (χ1n) is 5.08. The first kappa shape index (κ1) is 9.60. The number of rotatable bonds is 1. The summed E-state index contributed by atoms with van der Waals surface area (Å²) in [6.45, 7) is 0. The van der Waals surface area contributed by atoms with Crippen molar-refractivity contribution in [1.82, 2.24) is 9.38 Å². The second-order valence-corrected chi connectivity index (χ2v) is 5.52. The van der Waals surface area contributed by atoms with Crippen molar-refractivity contribution in [3.63, 3.8) is 0 Å². The van der Waals surface area contributed by atoms with Gasteiger partial charge in [0.05, 0.1) is 11.2 Å². The molecule has 0 saturated carbocycles. The van der Waals surface area contributed by atoms with Gasteiger partial charge in [-0.25, -0.2) is 4.98 Å². The summed E-state index contributed by atoms with van der Waals surface area (Å²) in [4.78, 5) is 4.50. The van der Waals surface area contributed by atoms with Crippen molar-refractivity contribution in [3.8, 4) is 0 Å². The maximum absolute atomic E-state index is 4.50. The fourth-order valence-corrected chi connectivity index (χ4v) is 2.66. The summed E-state index contributed by atoms with van der Waals surface area (Å²) in [6, 6.07) is 10.4. The quantitative estimate of drug-likeness (QED) is 0.585. The molecule has 2 aromatic heterocycles. The lowest BCUT2D eigenvalue weighted by Crippen LogP contribution is -1.87. The number of benzene rings is 1. The van der Waals surface area contributed by atoms with Crippen molar-refractivity contribution in [2.45, 2.75) is 5.03 Å². The first-order chi connectivity index (χ1) is 7.77. The minimum atomic E-state index is -0.0149. The van der Waals surface area contributed by atoms with Crippen LogP contribution in [0.1, 0.15) is 0 Å². The van der Waals surface area contributed by atoms with Gasteiger partial charge in [-0.3, -0.25) is 4.40 Å². The molecule has 3 rings (SSSR count). The third kappa shape index (κ3) is 1.28. The van der Waals surface area contributed by atoms with E-state index in [-0.39, 0.29) is 10.5 Å². The van der Waals surface area contributed by atoms with Gasteiger partial charge in [-0.05, 0) is 17.7 Å². The van der Waals surface area contributed by atoms with Gasteiger partial charge in [0.1, 0.15) is 5.65 Å². The van der Waals surface area contributed by atoms with Crippen LogP contribution in [0, 0.1) is 0 Å². The van der Waals surface area contributed by atoms with Gasteiger partial charge in [0.25, 0.3) is 0 Å². The zero-order valence-corrected chi connectivity index (χ0v) is 9.87. The third-order valence-electron chi connectivity index (χ3n) is 2.72. The Labute approximate surface area is 96.5 Å². The van der Waals surface area contributed by atoms with Crippen molar-refractivity contribution in [3.05, 3.63) is 42.7 Å². The molecule has 0 spiro atoms. The highest BCUT2D eigenvalue weighted by Gasteiger charge is 2.05. The SMILES string of the molecule is C=S(C)c1cnc2c3ccccc3ccn12. The zero-order valence-electron chi connectivity index (χ0n) is 9.05. The number of pyridine rings is 1. The molecule has 0 fully saturated rings. The van der Waals surface area contributed by atoms with Gasteiger partial charge < -0.3 is 0 Å². The molecule has 0 amide bonds. The van der Waals surface area contributed by atoms with Crippen LogP contribution in [0.3, 0.4) is 0 Å². The second kappa shape index (κ2) is 3.46. The Morgan fingerprint density at radius 2 is 2.06 bits per heavy atom. The Kier molecular flexibility index (Phi) is 2.07. The van der Waals surface area contributed by atoms with Crippen LogP contribution in [0.2, 0.25) is 0 Å². The standard InChI is InChI=1S/C13H12N2S/c1-16(2)12-9-14-13-11-6-4-3-5-10(11)7-8-15(12)13/h3-9H,1H2,2H3. The summed E-state index contributed by atoms with van der Waals surface area (Å²) in [5, 5.41) is 3.61. The molecule has 0 bridgehead atoms. The number of aromatic nitrogens is 2. The Morgan fingerprint density at radius 3 is 2.88 bits per heavy atom. The van der Waals surface area contributed by atoms with E-state index in [4.69, 9.17) is 0 Å². The highest BCUT2D eigenvalue weighted by atomic mass is 32.2. The van der Waals surface area contributed by atoms with Gasteiger partial charge in [0, 0.05) is 11.6 Å². The smallest absolute Gasteiger partial charge is 0.145 e. The van der Waals surface area contributed by atoms with Crippen LogP contribution in [-0.4, -0.2) is 21.5 Å². The molecule has 1 atom stereocenters. The normalized spacial score (nSPS) is 13.3. The van der Waals surface area contributed by atoms with Gasteiger partial charge in [0.15, 0.2) is 0 Å². The first-order valence-corrected chi connectivity index (χ1v) is 6.88. The summed E-state index contributed by atoms with van der Waals surface area (Å²) < 4.78 is 2.14. The molecule has 0 aliphatic rings. The minimum Gasteiger partial charge on any atom is -0.295 e. The van der Waals surface area contributed by atoms with Gasteiger partial charge in [-0.15, -0.1) is 10.5 Å². The van der Waals surface area contributed by atoms with E-state index in [2.05, 4.69) is 52.0 Å². The molecular formula is C13H12N2S. The Bertz CT molecular complexity index is 697. The number of fused-ring (bicyclic) bond motifs is 3. The van der Waals surface area contributed by atoms with E-state index in [0.29, 0.717) is 0 Å². The fraction of sp³-hybridized carbons (Fsp3) is 0.0769. The molecule has 0 aliphatic carbocycles. The molecule has 80 valence electrons. The Balaban J connectivity index is 2.49.